The zero-order chi connectivity index (χ0) is 25.3. The minimum atomic E-state index is -3.62. The number of nitrogens with zero attached hydrogens (tertiary/aromatic N) is 4. The summed E-state index contributed by atoms with van der Waals surface area (Å²) >= 11 is 0. The summed E-state index contributed by atoms with van der Waals surface area (Å²) in [4.78, 5) is 11.0. The van der Waals surface area contributed by atoms with E-state index >= 15 is 0 Å². The van der Waals surface area contributed by atoms with Crippen LogP contribution in [0.2, 0.25) is 0 Å². The first-order chi connectivity index (χ1) is 16.6. The summed E-state index contributed by atoms with van der Waals surface area (Å²) in [6, 6.07) is 7.72. The zero-order valence-electron chi connectivity index (χ0n) is 20.2. The van der Waals surface area contributed by atoms with Gasteiger partial charge in [0.1, 0.15) is 23.6 Å². The minimum absolute atomic E-state index is 0.184. The molecule has 11 heteroatoms. The van der Waals surface area contributed by atoms with Crippen molar-refractivity contribution in [1.82, 2.24) is 15.2 Å². The molecule has 0 fully saturated rings. The molecule has 3 aromatic rings. The second-order valence-corrected chi connectivity index (χ2v) is 10.7. The number of pyridine rings is 1. The molecule has 2 atom stereocenters. The third-order valence-corrected chi connectivity index (χ3v) is 7.12. The molecule has 4 rings (SSSR count). The van der Waals surface area contributed by atoms with Crippen LogP contribution < -0.4 is 9.62 Å². The van der Waals surface area contributed by atoms with Crippen molar-refractivity contribution in [1.29, 1.82) is 0 Å². The van der Waals surface area contributed by atoms with Gasteiger partial charge in [0, 0.05) is 30.6 Å². The molecule has 0 saturated carbocycles. The molecule has 188 valence electrons. The lowest BCUT2D eigenvalue weighted by Gasteiger charge is -2.24. The minimum Gasteiger partial charge on any atom is -0.437 e. The lowest BCUT2D eigenvalue weighted by molar-refractivity contribution is 0.150. The third kappa shape index (κ3) is 5.31. The van der Waals surface area contributed by atoms with Gasteiger partial charge in [-0.25, -0.2) is 12.8 Å². The second kappa shape index (κ2) is 9.92. The molecule has 0 bridgehead atoms. The van der Waals surface area contributed by atoms with Crippen molar-refractivity contribution in [2.24, 2.45) is 4.99 Å². The topological polar surface area (TPSA) is 111 Å². The van der Waals surface area contributed by atoms with Crippen molar-refractivity contribution in [3.8, 4) is 11.3 Å². The van der Waals surface area contributed by atoms with E-state index in [1.165, 1.54) is 16.4 Å². The van der Waals surface area contributed by atoms with Crippen LogP contribution in [0.5, 0.6) is 0 Å². The molecule has 1 aliphatic heterocycles. The highest BCUT2D eigenvalue weighted by molar-refractivity contribution is 7.92. The molecular weight excluding hydrogens is 473 g/mol. The Balaban J connectivity index is 1.73. The van der Waals surface area contributed by atoms with Crippen LogP contribution in [-0.2, 0) is 10.0 Å². The largest absolute Gasteiger partial charge is 0.437 e. The summed E-state index contributed by atoms with van der Waals surface area (Å²) in [5.74, 6) is 0.211. The number of aliphatic imine (C=N–C) groups is 1. The first-order valence-electron chi connectivity index (χ1n) is 11.4. The predicted molar refractivity (Wildman–Crippen MR) is 134 cm³/mol. The Bertz CT molecular complexity index is 1340. The molecule has 35 heavy (non-hydrogen) atoms. The molecule has 2 N–H and O–H groups in total. The summed E-state index contributed by atoms with van der Waals surface area (Å²) in [5, 5.41) is 14.0. The van der Waals surface area contributed by atoms with E-state index in [2.05, 4.69) is 20.2 Å². The van der Waals surface area contributed by atoms with E-state index in [0.717, 1.165) is 12.8 Å². The number of nitrogens with one attached hydrogen (secondary N) is 1. The molecule has 9 nitrogen and oxygen atoms in total. The maximum Gasteiger partial charge on any atom is 0.233 e. The van der Waals surface area contributed by atoms with Crippen molar-refractivity contribution in [2.45, 2.75) is 32.5 Å². The van der Waals surface area contributed by atoms with E-state index in [1.54, 1.807) is 38.5 Å². The number of fused-ring (bicyclic) bond motifs is 1. The first-order valence-corrected chi connectivity index (χ1v) is 13.2. The molecule has 0 saturated heterocycles. The van der Waals surface area contributed by atoms with E-state index in [0.29, 0.717) is 40.8 Å². The number of aliphatic hydroxyl groups excluding tert-OH is 1. The van der Waals surface area contributed by atoms with Crippen LogP contribution >= 0.6 is 0 Å². The summed E-state index contributed by atoms with van der Waals surface area (Å²) in [6.07, 6.45) is 2.48. The number of furan rings is 1. The molecule has 0 amide bonds. The van der Waals surface area contributed by atoms with Gasteiger partial charge in [-0.3, -0.25) is 14.6 Å². The number of rotatable bonds is 9. The monoisotopic (exact) mass is 503 g/mol. The maximum absolute atomic E-state index is 13.5. The van der Waals surface area contributed by atoms with Crippen LogP contribution in [0.15, 0.2) is 39.7 Å². The Labute approximate surface area is 204 Å². The van der Waals surface area contributed by atoms with Gasteiger partial charge in [0.05, 0.1) is 24.2 Å². The Morgan fingerprint density at radius 3 is 2.66 bits per heavy atom. The number of hydrogen-bond acceptors (Lipinski definition) is 8. The van der Waals surface area contributed by atoms with E-state index in [9.17, 15) is 17.9 Å². The van der Waals surface area contributed by atoms with Gasteiger partial charge in [0.25, 0.3) is 0 Å². The predicted octanol–water partition coefficient (Wildman–Crippen LogP) is 3.04. The molecule has 0 spiro atoms. The van der Waals surface area contributed by atoms with Gasteiger partial charge in [-0.1, -0.05) is 0 Å². The average Bonchev–Trinajstić information content (AvgIpc) is 3.38. The molecule has 2 aromatic heterocycles. The molecular formula is C24H30FN5O4S. The lowest BCUT2D eigenvalue weighted by Crippen LogP contribution is -2.34. The van der Waals surface area contributed by atoms with Crippen LogP contribution in [-0.4, -0.2) is 68.7 Å². The van der Waals surface area contributed by atoms with Crippen molar-refractivity contribution in [3.63, 3.8) is 0 Å². The Hall–Kier alpha value is -3.02. The van der Waals surface area contributed by atoms with Crippen LogP contribution in [0.3, 0.4) is 0 Å². The third-order valence-electron chi connectivity index (χ3n) is 5.96. The standard InChI is InChI=1S/C24H30FN5O4S/c1-15-12-19-20(23(31)26-3)21(17-6-8-18(25)9-7-17)34-24(19)28-22(15)30(35(4,32)33)11-5-10-29-13-16(2)27-14-29/h6-9,12,14,16,23,26,31H,5,10-11,13H2,1-4H3. The highest BCUT2D eigenvalue weighted by Gasteiger charge is 2.27. The summed E-state index contributed by atoms with van der Waals surface area (Å²) in [5.41, 5.74) is 1.82. The maximum atomic E-state index is 13.5. The molecule has 3 heterocycles. The van der Waals surface area contributed by atoms with Gasteiger partial charge in [0.15, 0.2) is 0 Å². The number of anilines is 1. The van der Waals surface area contributed by atoms with E-state index in [-0.39, 0.29) is 24.1 Å². The van der Waals surface area contributed by atoms with E-state index in [4.69, 9.17) is 4.42 Å². The fourth-order valence-corrected chi connectivity index (χ4v) is 5.21. The fraction of sp³-hybridized carbons (Fsp3) is 0.417. The van der Waals surface area contributed by atoms with Crippen molar-refractivity contribution < 1.29 is 22.3 Å². The number of halogens is 1. The number of hydrogen-bond donors (Lipinski definition) is 2. The van der Waals surface area contributed by atoms with Gasteiger partial charge < -0.3 is 14.4 Å². The fourth-order valence-electron chi connectivity index (χ4n) is 4.25. The molecule has 2 unspecified atom stereocenters. The number of benzene rings is 1. The highest BCUT2D eigenvalue weighted by atomic mass is 32.2. The van der Waals surface area contributed by atoms with Crippen LogP contribution in [0, 0.1) is 12.7 Å². The van der Waals surface area contributed by atoms with Crippen LogP contribution in [0.25, 0.3) is 22.4 Å². The number of sulfonamides is 1. The van der Waals surface area contributed by atoms with E-state index < -0.39 is 22.1 Å². The molecule has 1 aromatic carbocycles. The van der Waals surface area contributed by atoms with Gasteiger partial charge in [-0.15, -0.1) is 0 Å². The van der Waals surface area contributed by atoms with E-state index in [1.807, 2.05) is 6.92 Å². The summed E-state index contributed by atoms with van der Waals surface area (Å²) in [6.45, 7) is 5.54. The first kappa shape index (κ1) is 25.1. The summed E-state index contributed by atoms with van der Waals surface area (Å²) < 4.78 is 46.2. The Kier molecular flexibility index (Phi) is 7.11. The molecule has 1 aliphatic rings. The number of aliphatic hydroxyl groups is 1. The van der Waals surface area contributed by atoms with Crippen molar-refractivity contribution in [2.75, 3.05) is 37.2 Å². The Morgan fingerprint density at radius 1 is 1.34 bits per heavy atom. The van der Waals surface area contributed by atoms with Crippen molar-refractivity contribution in [3.05, 3.63) is 47.3 Å². The smallest absolute Gasteiger partial charge is 0.233 e. The Morgan fingerprint density at radius 2 is 2.06 bits per heavy atom. The van der Waals surface area contributed by atoms with Crippen LogP contribution in [0.1, 0.15) is 30.7 Å². The van der Waals surface area contributed by atoms with Gasteiger partial charge in [-0.2, -0.15) is 4.98 Å². The molecule has 0 aliphatic carbocycles. The SMILES string of the molecule is CNC(O)c1c(-c2ccc(F)cc2)oc2nc(N(CCCN3C=NC(C)C3)S(C)(=O)=O)c(C)cc12. The molecule has 0 radical (unpaired) electrons. The van der Waals surface area contributed by atoms with Gasteiger partial charge >= 0.3 is 0 Å². The number of aryl methyl sites for hydroxylation is 1. The number of aromatic nitrogens is 1. The van der Waals surface area contributed by atoms with Crippen molar-refractivity contribution >= 4 is 33.3 Å². The van der Waals surface area contributed by atoms with Gasteiger partial charge in [-0.05, 0) is 63.2 Å². The summed E-state index contributed by atoms with van der Waals surface area (Å²) in [7, 11) is -2.02. The second-order valence-electron chi connectivity index (χ2n) is 8.82. The van der Waals surface area contributed by atoms with Crippen LogP contribution in [0.4, 0.5) is 10.2 Å². The van der Waals surface area contributed by atoms with Gasteiger partial charge in [0.2, 0.25) is 15.7 Å². The normalized spacial score (nSPS) is 16.9. The quantitative estimate of drug-likeness (QED) is 0.432. The lowest BCUT2D eigenvalue weighted by atomic mass is 10.0. The zero-order valence-corrected chi connectivity index (χ0v) is 21.0. The average molecular weight is 504 g/mol. The highest BCUT2D eigenvalue weighted by Crippen LogP contribution is 2.38.